The number of fused-ring (bicyclic) bond motifs is 1. The van der Waals surface area contributed by atoms with Gasteiger partial charge in [0.25, 0.3) is 0 Å². The van der Waals surface area contributed by atoms with Gasteiger partial charge in [0.15, 0.2) is 0 Å². The van der Waals surface area contributed by atoms with Crippen LogP contribution in [0.1, 0.15) is 19.5 Å². The Morgan fingerprint density at radius 2 is 1.89 bits per heavy atom. The maximum absolute atomic E-state index is 12.2. The molecule has 18 heavy (non-hydrogen) atoms. The minimum absolute atomic E-state index is 0.462. The van der Waals surface area contributed by atoms with Gasteiger partial charge in [0.2, 0.25) is 0 Å². The molecule has 0 saturated carbocycles. The largest absolute Gasteiger partial charge is 0.408 e. The van der Waals surface area contributed by atoms with Crippen molar-refractivity contribution < 1.29 is 13.2 Å². The molecule has 0 spiro atoms. The van der Waals surface area contributed by atoms with E-state index in [-0.39, 0.29) is 0 Å². The van der Waals surface area contributed by atoms with Crippen LogP contribution in [0.5, 0.6) is 0 Å². The fraction of sp³-hybridized carbons (Fsp3) is 0.417. The molecule has 0 unspecified atom stereocenters. The lowest BCUT2D eigenvalue weighted by Crippen LogP contribution is -2.19. The van der Waals surface area contributed by atoms with Crippen molar-refractivity contribution in [3.05, 3.63) is 28.9 Å². The summed E-state index contributed by atoms with van der Waals surface area (Å²) in [5.74, 6) is 0. The van der Waals surface area contributed by atoms with Gasteiger partial charge in [-0.15, -0.1) is 0 Å². The zero-order valence-corrected chi connectivity index (χ0v) is 11.1. The number of alkyl halides is 3. The highest BCUT2D eigenvalue weighted by Crippen LogP contribution is 2.24. The van der Waals surface area contributed by atoms with Gasteiger partial charge in [-0.3, -0.25) is 4.68 Å². The second-order valence-electron chi connectivity index (χ2n) is 3.52. The number of halogens is 4. The lowest BCUT2D eigenvalue weighted by molar-refractivity contribution is -0.142. The van der Waals surface area contributed by atoms with Crippen LogP contribution in [0.15, 0.2) is 18.2 Å². The summed E-state index contributed by atoms with van der Waals surface area (Å²) in [6.07, 6.45) is -4.27. The van der Waals surface area contributed by atoms with Gasteiger partial charge in [-0.2, -0.15) is 18.3 Å². The van der Waals surface area contributed by atoms with E-state index in [0.29, 0.717) is 21.6 Å². The first-order chi connectivity index (χ1) is 8.37. The van der Waals surface area contributed by atoms with Crippen LogP contribution in [-0.2, 0) is 6.54 Å². The number of aromatic nitrogens is 2. The summed E-state index contributed by atoms with van der Waals surface area (Å²) in [5.41, 5.74) is 0.971. The van der Waals surface area contributed by atoms with Gasteiger partial charge in [-0.1, -0.05) is 25.4 Å². The molecule has 0 amide bonds. The minimum atomic E-state index is -4.27. The summed E-state index contributed by atoms with van der Waals surface area (Å²) in [5, 5.41) is 5.02. The van der Waals surface area contributed by atoms with Crippen LogP contribution in [0.4, 0.5) is 13.2 Å². The molecule has 0 aliphatic heterocycles. The van der Waals surface area contributed by atoms with Gasteiger partial charge in [-0.05, 0) is 25.1 Å². The van der Waals surface area contributed by atoms with Crippen LogP contribution in [0.3, 0.4) is 0 Å². The fourth-order valence-corrected chi connectivity index (χ4v) is 1.73. The van der Waals surface area contributed by atoms with Gasteiger partial charge in [0, 0.05) is 16.1 Å². The predicted octanol–water partition coefficient (Wildman–Crippen LogP) is 4.59. The Bertz CT molecular complexity index is 532. The lowest BCUT2D eigenvalue weighted by Gasteiger charge is -2.07. The molecule has 1 aromatic carbocycles. The van der Waals surface area contributed by atoms with Crippen molar-refractivity contribution in [2.24, 2.45) is 0 Å². The van der Waals surface area contributed by atoms with E-state index in [1.807, 2.05) is 13.8 Å². The quantitative estimate of drug-likeness (QED) is 0.746. The van der Waals surface area contributed by atoms with E-state index >= 15 is 0 Å². The Balaban J connectivity index is 0.000000771. The number of benzene rings is 1. The van der Waals surface area contributed by atoms with Crippen LogP contribution in [-0.4, -0.2) is 16.0 Å². The standard InChI is InChI=1S/C10H8ClF3N2.C2H6/c1-6-8-3-2-7(11)4-9(8)15-16(6)5-10(12,13)14;1-2/h2-4H,5H2,1H3;1-2H3. The van der Waals surface area contributed by atoms with E-state index < -0.39 is 12.7 Å². The van der Waals surface area contributed by atoms with Crippen molar-refractivity contribution in [3.8, 4) is 0 Å². The maximum Gasteiger partial charge on any atom is 0.408 e. The Labute approximate surface area is 108 Å². The van der Waals surface area contributed by atoms with Gasteiger partial charge in [-0.25, -0.2) is 0 Å². The van der Waals surface area contributed by atoms with Crippen LogP contribution < -0.4 is 0 Å². The van der Waals surface area contributed by atoms with Crippen molar-refractivity contribution >= 4 is 22.5 Å². The molecule has 0 radical (unpaired) electrons. The van der Waals surface area contributed by atoms with Gasteiger partial charge in [0.1, 0.15) is 6.54 Å². The first-order valence-electron chi connectivity index (χ1n) is 5.56. The molecule has 1 aromatic heterocycles. The van der Waals surface area contributed by atoms with Gasteiger partial charge in [0.05, 0.1) is 5.52 Å². The molecule has 0 aliphatic rings. The van der Waals surface area contributed by atoms with E-state index in [1.165, 1.54) is 0 Å². The Morgan fingerprint density at radius 1 is 1.28 bits per heavy atom. The van der Waals surface area contributed by atoms with Crippen LogP contribution in [0.2, 0.25) is 5.02 Å². The van der Waals surface area contributed by atoms with E-state index in [4.69, 9.17) is 11.6 Å². The van der Waals surface area contributed by atoms with Crippen molar-refractivity contribution in [2.45, 2.75) is 33.5 Å². The highest BCUT2D eigenvalue weighted by molar-refractivity contribution is 6.31. The number of hydrogen-bond donors (Lipinski definition) is 0. The molecule has 0 bridgehead atoms. The summed E-state index contributed by atoms with van der Waals surface area (Å²) >= 11 is 5.74. The molecule has 0 aliphatic carbocycles. The molecule has 6 heteroatoms. The SMILES string of the molecule is CC.Cc1c2ccc(Cl)cc2nn1CC(F)(F)F. The summed E-state index contributed by atoms with van der Waals surface area (Å²) < 4.78 is 37.7. The minimum Gasteiger partial charge on any atom is -0.259 e. The molecular weight excluding hydrogens is 265 g/mol. The molecule has 0 saturated heterocycles. The smallest absolute Gasteiger partial charge is 0.259 e. The van der Waals surface area contributed by atoms with Crippen molar-refractivity contribution in [1.29, 1.82) is 0 Å². The summed E-state index contributed by atoms with van der Waals surface area (Å²) in [6.45, 7) is 4.53. The van der Waals surface area contributed by atoms with E-state index in [9.17, 15) is 13.2 Å². The van der Waals surface area contributed by atoms with Crippen molar-refractivity contribution in [1.82, 2.24) is 9.78 Å². The number of nitrogens with zero attached hydrogens (tertiary/aromatic N) is 2. The van der Waals surface area contributed by atoms with E-state index in [2.05, 4.69) is 5.10 Å². The highest BCUT2D eigenvalue weighted by atomic mass is 35.5. The summed E-state index contributed by atoms with van der Waals surface area (Å²) in [4.78, 5) is 0. The fourth-order valence-electron chi connectivity index (χ4n) is 1.56. The predicted molar refractivity (Wildman–Crippen MR) is 66.9 cm³/mol. The highest BCUT2D eigenvalue weighted by Gasteiger charge is 2.29. The number of hydrogen-bond acceptors (Lipinski definition) is 1. The zero-order chi connectivity index (χ0) is 13.9. The summed E-state index contributed by atoms with van der Waals surface area (Å²) in [6, 6.07) is 4.86. The lowest BCUT2D eigenvalue weighted by atomic mass is 10.2. The molecule has 100 valence electrons. The van der Waals surface area contributed by atoms with Crippen molar-refractivity contribution in [3.63, 3.8) is 0 Å². The Kier molecular flexibility index (Phi) is 4.62. The van der Waals surface area contributed by atoms with Crippen molar-refractivity contribution in [2.75, 3.05) is 0 Å². The molecule has 0 fully saturated rings. The Morgan fingerprint density at radius 3 is 2.44 bits per heavy atom. The Hall–Kier alpha value is -1.23. The second kappa shape index (κ2) is 5.61. The topological polar surface area (TPSA) is 17.8 Å². The average Bonchev–Trinajstić information content (AvgIpc) is 2.56. The maximum atomic E-state index is 12.2. The first kappa shape index (κ1) is 14.8. The van der Waals surface area contributed by atoms with Crippen LogP contribution in [0, 0.1) is 6.92 Å². The monoisotopic (exact) mass is 278 g/mol. The van der Waals surface area contributed by atoms with Crippen LogP contribution >= 0.6 is 11.6 Å². The van der Waals surface area contributed by atoms with Gasteiger partial charge >= 0.3 is 6.18 Å². The molecule has 1 heterocycles. The third kappa shape index (κ3) is 3.38. The number of aryl methyl sites for hydroxylation is 1. The van der Waals surface area contributed by atoms with E-state index in [1.54, 1.807) is 25.1 Å². The third-order valence-corrected chi connectivity index (χ3v) is 2.53. The molecule has 2 aromatic rings. The normalized spacial score (nSPS) is 11.3. The molecular formula is C12H14ClF3N2. The number of rotatable bonds is 1. The molecule has 2 rings (SSSR count). The van der Waals surface area contributed by atoms with Crippen LogP contribution in [0.25, 0.3) is 10.9 Å². The second-order valence-corrected chi connectivity index (χ2v) is 3.96. The van der Waals surface area contributed by atoms with Gasteiger partial charge < -0.3 is 0 Å². The molecule has 2 nitrogen and oxygen atoms in total. The molecule has 0 N–H and O–H groups in total. The molecule has 0 atom stereocenters. The third-order valence-electron chi connectivity index (χ3n) is 2.29. The average molecular weight is 279 g/mol. The zero-order valence-electron chi connectivity index (χ0n) is 10.3. The van der Waals surface area contributed by atoms with E-state index in [0.717, 1.165) is 4.68 Å². The first-order valence-corrected chi connectivity index (χ1v) is 5.94. The summed E-state index contributed by atoms with van der Waals surface area (Å²) in [7, 11) is 0.